The van der Waals surface area contributed by atoms with Crippen LogP contribution in [0.4, 0.5) is 5.82 Å². The number of nitrogen functional groups attached to an aromatic ring is 1. The molecule has 23 heavy (non-hydrogen) atoms. The van der Waals surface area contributed by atoms with Crippen LogP contribution in [0, 0.1) is 0 Å². The fraction of sp³-hybridized carbons (Fsp3) is 0.538. The number of imidazole rings is 1. The molecule has 10 heteroatoms. The maximum atomic E-state index is 12.1. The second kappa shape index (κ2) is 5.11. The second-order valence-corrected chi connectivity index (χ2v) is 5.79. The first-order chi connectivity index (χ1) is 11.1. The molecule has 3 heterocycles. The summed E-state index contributed by atoms with van der Waals surface area (Å²) in [5, 5.41) is 23.1. The predicted octanol–water partition coefficient (Wildman–Crippen LogP) is -1.69. The molecule has 4 atom stereocenters. The third-order valence-electron chi connectivity index (χ3n) is 4.08. The van der Waals surface area contributed by atoms with Gasteiger partial charge in [-0.3, -0.25) is 9.36 Å². The standard InChI is InChI=1S/C13H16N6O4/c14-10-6-11(16-3-15-10)19(4-17-6)13-8(21)7(20)9(23-13)12(22)18-5-1-2-5/h3-5,7-9,13,20-21H,1-2H2,(H,18,22)(H2,14,15,16)/t7-,8?,9+,13-/m1/s1. The zero-order chi connectivity index (χ0) is 16.1. The monoisotopic (exact) mass is 320 g/mol. The Labute approximate surface area is 130 Å². The van der Waals surface area contributed by atoms with Gasteiger partial charge in [-0.15, -0.1) is 0 Å². The Kier molecular flexibility index (Phi) is 3.18. The van der Waals surface area contributed by atoms with Gasteiger partial charge in [-0.05, 0) is 12.8 Å². The maximum absolute atomic E-state index is 12.1. The molecule has 0 radical (unpaired) electrons. The van der Waals surface area contributed by atoms with E-state index in [-0.39, 0.29) is 11.9 Å². The molecule has 2 aliphatic rings. The third kappa shape index (κ3) is 2.31. The Balaban J connectivity index is 1.63. The molecule has 122 valence electrons. The Hall–Kier alpha value is -2.30. The molecule has 2 aromatic heterocycles. The van der Waals surface area contributed by atoms with E-state index >= 15 is 0 Å². The van der Waals surface area contributed by atoms with Gasteiger partial charge in [0.15, 0.2) is 23.8 Å². The summed E-state index contributed by atoms with van der Waals surface area (Å²) in [6.07, 6.45) is -0.269. The number of anilines is 1. The van der Waals surface area contributed by atoms with Crippen molar-refractivity contribution in [3.8, 4) is 0 Å². The number of aliphatic hydroxyl groups excluding tert-OH is 2. The molecule has 1 saturated carbocycles. The first-order valence-electron chi connectivity index (χ1n) is 7.31. The van der Waals surface area contributed by atoms with Crippen LogP contribution >= 0.6 is 0 Å². The zero-order valence-corrected chi connectivity index (χ0v) is 12.0. The number of hydrogen-bond acceptors (Lipinski definition) is 8. The van der Waals surface area contributed by atoms with Crippen molar-refractivity contribution in [1.29, 1.82) is 0 Å². The minimum Gasteiger partial charge on any atom is -0.387 e. The van der Waals surface area contributed by atoms with E-state index < -0.39 is 30.4 Å². The van der Waals surface area contributed by atoms with Crippen LogP contribution in [0.15, 0.2) is 12.7 Å². The summed E-state index contributed by atoms with van der Waals surface area (Å²) in [6, 6.07) is 0.135. The smallest absolute Gasteiger partial charge is 0.252 e. The van der Waals surface area contributed by atoms with Crippen LogP contribution in [0.5, 0.6) is 0 Å². The van der Waals surface area contributed by atoms with Crippen LogP contribution in [-0.2, 0) is 9.53 Å². The predicted molar refractivity (Wildman–Crippen MR) is 76.8 cm³/mol. The lowest BCUT2D eigenvalue weighted by molar-refractivity contribution is -0.137. The van der Waals surface area contributed by atoms with Crippen LogP contribution in [0.25, 0.3) is 11.2 Å². The first-order valence-corrected chi connectivity index (χ1v) is 7.31. The molecule has 5 N–H and O–H groups in total. The zero-order valence-electron chi connectivity index (χ0n) is 12.0. The number of nitrogens with two attached hydrogens (primary N) is 1. The number of carbonyl (C=O) groups excluding carboxylic acids is 1. The Morgan fingerprint density at radius 2 is 2.09 bits per heavy atom. The number of fused-ring (bicyclic) bond motifs is 1. The fourth-order valence-corrected chi connectivity index (χ4v) is 2.67. The first kappa shape index (κ1) is 14.3. The summed E-state index contributed by atoms with van der Waals surface area (Å²) in [5.74, 6) is -0.232. The molecule has 1 aliphatic carbocycles. The van der Waals surface area contributed by atoms with Crippen molar-refractivity contribution in [1.82, 2.24) is 24.8 Å². The highest BCUT2D eigenvalue weighted by Gasteiger charge is 2.48. The average Bonchev–Trinajstić information content (AvgIpc) is 3.15. The highest BCUT2D eigenvalue weighted by atomic mass is 16.6. The number of aliphatic hydroxyl groups is 2. The van der Waals surface area contributed by atoms with Crippen molar-refractivity contribution in [3.63, 3.8) is 0 Å². The average molecular weight is 320 g/mol. The number of amides is 1. The molecule has 2 aromatic rings. The van der Waals surface area contributed by atoms with Crippen LogP contribution in [0.1, 0.15) is 19.1 Å². The van der Waals surface area contributed by atoms with Gasteiger partial charge in [-0.25, -0.2) is 15.0 Å². The van der Waals surface area contributed by atoms with Gasteiger partial charge in [0.1, 0.15) is 24.1 Å². The molecule has 4 rings (SSSR count). The molecule has 1 unspecified atom stereocenters. The van der Waals surface area contributed by atoms with E-state index in [1.807, 2.05) is 0 Å². The molecule has 1 saturated heterocycles. The number of nitrogens with one attached hydrogen (secondary N) is 1. The van der Waals surface area contributed by atoms with Crippen LogP contribution < -0.4 is 11.1 Å². The number of carbonyl (C=O) groups is 1. The molecule has 0 spiro atoms. The number of nitrogens with zero attached hydrogens (tertiary/aromatic N) is 4. The molecule has 0 aromatic carbocycles. The highest BCUT2D eigenvalue weighted by molar-refractivity contribution is 5.83. The molecule has 1 amide bonds. The Morgan fingerprint density at radius 1 is 1.30 bits per heavy atom. The molecular formula is C13H16N6O4. The molecule has 10 nitrogen and oxygen atoms in total. The Morgan fingerprint density at radius 3 is 2.83 bits per heavy atom. The van der Waals surface area contributed by atoms with Gasteiger partial charge in [-0.1, -0.05) is 0 Å². The normalized spacial score (nSPS) is 30.7. The van der Waals surface area contributed by atoms with E-state index in [0.717, 1.165) is 12.8 Å². The van der Waals surface area contributed by atoms with Gasteiger partial charge in [0, 0.05) is 6.04 Å². The van der Waals surface area contributed by atoms with E-state index in [2.05, 4.69) is 20.3 Å². The minimum absolute atomic E-state index is 0.135. The second-order valence-electron chi connectivity index (χ2n) is 5.79. The summed E-state index contributed by atoms with van der Waals surface area (Å²) in [5.41, 5.74) is 6.45. The highest BCUT2D eigenvalue weighted by Crippen LogP contribution is 2.32. The maximum Gasteiger partial charge on any atom is 0.252 e. The van der Waals surface area contributed by atoms with Crippen molar-refractivity contribution in [3.05, 3.63) is 12.7 Å². The van der Waals surface area contributed by atoms with Gasteiger partial charge in [0.2, 0.25) is 0 Å². The number of ether oxygens (including phenoxy) is 1. The topological polar surface area (TPSA) is 148 Å². The van der Waals surface area contributed by atoms with E-state index in [4.69, 9.17) is 10.5 Å². The van der Waals surface area contributed by atoms with Crippen molar-refractivity contribution < 1.29 is 19.7 Å². The minimum atomic E-state index is -1.34. The van der Waals surface area contributed by atoms with Crippen LogP contribution in [0.2, 0.25) is 0 Å². The van der Waals surface area contributed by atoms with E-state index in [0.29, 0.717) is 11.2 Å². The van der Waals surface area contributed by atoms with Crippen molar-refractivity contribution >= 4 is 22.9 Å². The van der Waals surface area contributed by atoms with Crippen LogP contribution in [-0.4, -0.2) is 60.0 Å². The number of hydrogen-bond donors (Lipinski definition) is 4. The van der Waals surface area contributed by atoms with Crippen molar-refractivity contribution in [2.45, 2.75) is 43.4 Å². The summed E-state index contributed by atoms with van der Waals surface area (Å²) in [7, 11) is 0. The summed E-state index contributed by atoms with van der Waals surface area (Å²) < 4.78 is 7.01. The van der Waals surface area contributed by atoms with E-state index in [1.165, 1.54) is 17.2 Å². The van der Waals surface area contributed by atoms with E-state index in [9.17, 15) is 15.0 Å². The molecule has 0 bridgehead atoms. The number of rotatable bonds is 3. The van der Waals surface area contributed by atoms with Gasteiger partial charge in [-0.2, -0.15) is 0 Å². The van der Waals surface area contributed by atoms with Gasteiger partial charge in [0.05, 0.1) is 6.33 Å². The van der Waals surface area contributed by atoms with Gasteiger partial charge >= 0.3 is 0 Å². The van der Waals surface area contributed by atoms with Crippen molar-refractivity contribution in [2.75, 3.05) is 5.73 Å². The number of aromatic nitrogens is 4. The SMILES string of the molecule is Nc1ncnc2c1ncn2[C@@H]1O[C@H](C(=O)NC2CC2)[C@H](O)C1O. The quantitative estimate of drug-likeness (QED) is 0.523. The summed E-state index contributed by atoms with van der Waals surface area (Å²) >= 11 is 0. The lowest BCUT2D eigenvalue weighted by atomic mass is 10.1. The lowest BCUT2D eigenvalue weighted by Gasteiger charge is -2.16. The van der Waals surface area contributed by atoms with E-state index in [1.54, 1.807) is 0 Å². The van der Waals surface area contributed by atoms with Crippen molar-refractivity contribution in [2.24, 2.45) is 0 Å². The van der Waals surface area contributed by atoms with Crippen LogP contribution in [0.3, 0.4) is 0 Å². The summed E-state index contributed by atoms with van der Waals surface area (Å²) in [6.45, 7) is 0. The molecule has 1 aliphatic heterocycles. The fourth-order valence-electron chi connectivity index (χ4n) is 2.67. The van der Waals surface area contributed by atoms with Gasteiger partial charge in [0.25, 0.3) is 5.91 Å². The molecular weight excluding hydrogens is 304 g/mol. The largest absolute Gasteiger partial charge is 0.387 e. The lowest BCUT2D eigenvalue weighted by Crippen LogP contribution is -2.43. The summed E-state index contributed by atoms with van der Waals surface area (Å²) in [4.78, 5) is 24.1. The van der Waals surface area contributed by atoms with Gasteiger partial charge < -0.3 is 26.0 Å². The third-order valence-corrected chi connectivity index (χ3v) is 4.08. The molecule has 2 fully saturated rings. The Bertz CT molecular complexity index is 760.